The Bertz CT molecular complexity index is 910. The van der Waals surface area contributed by atoms with E-state index in [2.05, 4.69) is 5.32 Å². The van der Waals surface area contributed by atoms with Gasteiger partial charge in [0.25, 0.3) is 0 Å². The molecule has 6 nitrogen and oxygen atoms in total. The number of hydrogen-bond acceptors (Lipinski definition) is 4. The normalized spacial score (nSPS) is 11.1. The van der Waals surface area contributed by atoms with Gasteiger partial charge in [-0.3, -0.25) is 13.9 Å². The van der Waals surface area contributed by atoms with Gasteiger partial charge in [-0.2, -0.15) is 0 Å². The second kappa shape index (κ2) is 8.77. The van der Waals surface area contributed by atoms with E-state index in [1.54, 1.807) is 24.3 Å². The number of nitrogens with one attached hydrogen (secondary N) is 1. The number of benzene rings is 2. The average molecular weight is 392 g/mol. The Labute approximate surface area is 158 Å². The van der Waals surface area contributed by atoms with Crippen LogP contribution in [0.3, 0.4) is 0 Å². The fourth-order valence-corrected chi connectivity index (χ4v) is 3.37. The number of ketones is 1. The fraction of sp³-hybridized carbons (Fsp3) is 0.263. The number of anilines is 1. The molecule has 144 valence electrons. The largest absolute Gasteiger partial charge is 0.352 e. The van der Waals surface area contributed by atoms with Crippen molar-refractivity contribution in [3.63, 3.8) is 0 Å². The molecule has 0 heterocycles. The number of amides is 1. The maximum absolute atomic E-state index is 12.9. The van der Waals surface area contributed by atoms with Crippen molar-refractivity contribution in [1.82, 2.24) is 5.32 Å². The zero-order chi connectivity index (χ0) is 20.0. The third kappa shape index (κ3) is 6.18. The molecule has 1 amide bonds. The minimum Gasteiger partial charge on any atom is -0.352 e. The molecule has 0 fully saturated rings. The molecule has 0 spiro atoms. The van der Waals surface area contributed by atoms with Crippen LogP contribution in [-0.4, -0.2) is 32.9 Å². The number of sulfonamides is 1. The van der Waals surface area contributed by atoms with E-state index in [1.165, 1.54) is 31.2 Å². The van der Waals surface area contributed by atoms with E-state index in [-0.39, 0.29) is 37.0 Å². The molecule has 0 atom stereocenters. The number of nitrogens with zero attached hydrogens (tertiary/aromatic N) is 1. The van der Waals surface area contributed by atoms with E-state index in [9.17, 15) is 22.4 Å². The van der Waals surface area contributed by atoms with E-state index in [0.29, 0.717) is 11.3 Å². The van der Waals surface area contributed by atoms with Gasteiger partial charge in [-0.15, -0.1) is 0 Å². The molecule has 0 saturated carbocycles. The van der Waals surface area contributed by atoms with Crippen LogP contribution in [0.1, 0.15) is 29.3 Å². The van der Waals surface area contributed by atoms with Gasteiger partial charge in [-0.25, -0.2) is 12.8 Å². The SMILES string of the molecule is CC(=O)c1ccc(N(CCC(=O)NCc2ccc(F)cc2)S(C)(=O)=O)cc1. The maximum atomic E-state index is 12.9. The summed E-state index contributed by atoms with van der Waals surface area (Å²) in [5.41, 5.74) is 1.60. The minimum absolute atomic E-state index is 0.0342. The molecular weight excluding hydrogens is 371 g/mol. The molecule has 2 aromatic carbocycles. The molecular formula is C19H21FN2O4S. The summed E-state index contributed by atoms with van der Waals surface area (Å²) in [6.45, 7) is 1.62. The summed E-state index contributed by atoms with van der Waals surface area (Å²) >= 11 is 0. The summed E-state index contributed by atoms with van der Waals surface area (Å²) in [5.74, 6) is -0.800. The number of carbonyl (C=O) groups excluding carboxylic acids is 2. The second-order valence-corrected chi connectivity index (χ2v) is 8.00. The standard InChI is InChI=1S/C19H21FN2O4S/c1-14(23)16-5-9-18(10-6-16)22(27(2,25)26)12-11-19(24)21-13-15-3-7-17(20)8-4-15/h3-10H,11-13H2,1-2H3,(H,21,24). The fourth-order valence-electron chi connectivity index (χ4n) is 2.44. The zero-order valence-corrected chi connectivity index (χ0v) is 15.9. The summed E-state index contributed by atoms with van der Waals surface area (Å²) in [6.07, 6.45) is 1.02. The molecule has 0 aromatic heterocycles. The van der Waals surface area contributed by atoms with Crippen molar-refractivity contribution in [2.75, 3.05) is 17.1 Å². The molecule has 27 heavy (non-hydrogen) atoms. The van der Waals surface area contributed by atoms with E-state index >= 15 is 0 Å². The van der Waals surface area contributed by atoms with Crippen LogP contribution in [0.4, 0.5) is 10.1 Å². The Morgan fingerprint density at radius 3 is 2.15 bits per heavy atom. The molecule has 0 aliphatic rings. The quantitative estimate of drug-likeness (QED) is 0.700. The monoisotopic (exact) mass is 392 g/mol. The summed E-state index contributed by atoms with van der Waals surface area (Å²) < 4.78 is 38.1. The Morgan fingerprint density at radius 2 is 1.63 bits per heavy atom. The van der Waals surface area contributed by atoms with Crippen LogP contribution < -0.4 is 9.62 Å². The molecule has 0 radical (unpaired) electrons. The highest BCUT2D eigenvalue weighted by Crippen LogP contribution is 2.19. The lowest BCUT2D eigenvalue weighted by Gasteiger charge is -2.22. The van der Waals surface area contributed by atoms with Crippen LogP contribution in [0.2, 0.25) is 0 Å². The van der Waals surface area contributed by atoms with E-state index in [1.807, 2.05) is 0 Å². The van der Waals surface area contributed by atoms with E-state index < -0.39 is 10.0 Å². The molecule has 0 unspecified atom stereocenters. The number of carbonyl (C=O) groups is 2. The first-order valence-electron chi connectivity index (χ1n) is 8.26. The Kier molecular flexibility index (Phi) is 6.68. The van der Waals surface area contributed by atoms with Crippen molar-refractivity contribution < 1.29 is 22.4 Å². The maximum Gasteiger partial charge on any atom is 0.232 e. The van der Waals surface area contributed by atoms with Crippen LogP contribution in [0.5, 0.6) is 0 Å². The smallest absolute Gasteiger partial charge is 0.232 e. The molecule has 8 heteroatoms. The zero-order valence-electron chi connectivity index (χ0n) is 15.1. The number of halogens is 1. The lowest BCUT2D eigenvalue weighted by molar-refractivity contribution is -0.121. The highest BCUT2D eigenvalue weighted by Gasteiger charge is 2.18. The van der Waals surface area contributed by atoms with Gasteiger partial charge >= 0.3 is 0 Å². The van der Waals surface area contributed by atoms with Gasteiger partial charge in [0.2, 0.25) is 15.9 Å². The lowest BCUT2D eigenvalue weighted by Crippen LogP contribution is -2.34. The molecule has 0 aliphatic heterocycles. The van der Waals surface area contributed by atoms with Crippen molar-refractivity contribution in [1.29, 1.82) is 0 Å². The summed E-state index contributed by atoms with van der Waals surface area (Å²) in [5, 5.41) is 2.67. The van der Waals surface area contributed by atoms with Gasteiger partial charge in [0.1, 0.15) is 5.82 Å². The average Bonchev–Trinajstić information content (AvgIpc) is 2.60. The molecule has 0 saturated heterocycles. The molecule has 2 aromatic rings. The Morgan fingerprint density at radius 1 is 1.04 bits per heavy atom. The van der Waals surface area contributed by atoms with Gasteiger partial charge in [0.15, 0.2) is 5.78 Å². The van der Waals surface area contributed by atoms with Gasteiger partial charge in [0.05, 0.1) is 11.9 Å². The molecule has 2 rings (SSSR count). The Balaban J connectivity index is 1.98. The Hall–Kier alpha value is -2.74. The van der Waals surface area contributed by atoms with Crippen molar-refractivity contribution >= 4 is 27.4 Å². The first-order valence-corrected chi connectivity index (χ1v) is 10.1. The van der Waals surface area contributed by atoms with Gasteiger partial charge in [-0.05, 0) is 48.9 Å². The van der Waals surface area contributed by atoms with Gasteiger partial charge in [0, 0.05) is 25.1 Å². The number of hydrogen-bond donors (Lipinski definition) is 1. The highest BCUT2D eigenvalue weighted by molar-refractivity contribution is 7.92. The highest BCUT2D eigenvalue weighted by atomic mass is 32.2. The predicted molar refractivity (Wildman–Crippen MR) is 102 cm³/mol. The topological polar surface area (TPSA) is 83.6 Å². The van der Waals surface area contributed by atoms with Gasteiger partial charge in [-0.1, -0.05) is 12.1 Å². The van der Waals surface area contributed by atoms with Crippen LogP contribution in [-0.2, 0) is 21.4 Å². The lowest BCUT2D eigenvalue weighted by atomic mass is 10.1. The molecule has 0 aliphatic carbocycles. The third-order valence-corrected chi connectivity index (χ3v) is 5.10. The number of rotatable bonds is 8. The van der Waals surface area contributed by atoms with Crippen LogP contribution in [0, 0.1) is 5.82 Å². The minimum atomic E-state index is -3.59. The summed E-state index contributed by atoms with van der Waals surface area (Å²) in [6, 6.07) is 11.9. The van der Waals surface area contributed by atoms with Crippen molar-refractivity contribution in [2.24, 2.45) is 0 Å². The second-order valence-electron chi connectivity index (χ2n) is 6.09. The van der Waals surface area contributed by atoms with E-state index in [0.717, 1.165) is 16.1 Å². The van der Waals surface area contributed by atoms with Crippen LogP contribution in [0.25, 0.3) is 0 Å². The van der Waals surface area contributed by atoms with Crippen molar-refractivity contribution in [3.8, 4) is 0 Å². The molecule has 0 bridgehead atoms. The first kappa shape index (κ1) is 20.6. The molecule has 1 N–H and O–H groups in total. The third-order valence-electron chi connectivity index (χ3n) is 3.91. The van der Waals surface area contributed by atoms with E-state index in [4.69, 9.17) is 0 Å². The van der Waals surface area contributed by atoms with Crippen LogP contribution in [0.15, 0.2) is 48.5 Å². The van der Waals surface area contributed by atoms with Crippen molar-refractivity contribution in [3.05, 3.63) is 65.5 Å². The number of Topliss-reactive ketones (excluding diaryl/α,β-unsaturated/α-hetero) is 1. The van der Waals surface area contributed by atoms with Crippen molar-refractivity contribution in [2.45, 2.75) is 19.9 Å². The summed E-state index contributed by atoms with van der Waals surface area (Å²) in [7, 11) is -3.59. The van der Waals surface area contributed by atoms with Gasteiger partial charge < -0.3 is 5.32 Å². The first-order chi connectivity index (χ1) is 12.7. The predicted octanol–water partition coefficient (Wildman–Crippen LogP) is 2.50. The van der Waals surface area contributed by atoms with Crippen LogP contribution >= 0.6 is 0 Å². The summed E-state index contributed by atoms with van der Waals surface area (Å²) in [4.78, 5) is 23.4.